The summed E-state index contributed by atoms with van der Waals surface area (Å²) in [6.45, 7) is 2.17. The van der Waals surface area contributed by atoms with Crippen LogP contribution in [0.5, 0.6) is 0 Å². The summed E-state index contributed by atoms with van der Waals surface area (Å²) < 4.78 is 26.8. The lowest BCUT2D eigenvalue weighted by atomic mass is 10.2. The van der Waals surface area contributed by atoms with E-state index in [1.54, 1.807) is 0 Å². The quantitative estimate of drug-likeness (QED) is 0.750. The van der Waals surface area contributed by atoms with Gasteiger partial charge in [-0.25, -0.2) is 18.4 Å². The van der Waals surface area contributed by atoms with Gasteiger partial charge in [0.1, 0.15) is 0 Å². The SMILES string of the molecule is CC(=O)c1ccc(S(=O)(=O)N2CCN(C(=O)c3nccnc3N)CC2)cc1. The molecule has 0 unspecified atom stereocenters. The van der Waals surface area contributed by atoms with Crippen LogP contribution in [0.4, 0.5) is 5.82 Å². The molecule has 0 radical (unpaired) electrons. The Kier molecular flexibility index (Phi) is 5.19. The van der Waals surface area contributed by atoms with Crippen molar-refractivity contribution in [3.05, 3.63) is 47.9 Å². The van der Waals surface area contributed by atoms with Crippen LogP contribution >= 0.6 is 0 Å². The van der Waals surface area contributed by atoms with Crippen LogP contribution < -0.4 is 5.73 Å². The normalized spacial score (nSPS) is 15.5. The van der Waals surface area contributed by atoms with E-state index in [4.69, 9.17) is 5.73 Å². The van der Waals surface area contributed by atoms with E-state index in [-0.39, 0.29) is 54.3 Å². The number of nitrogens with zero attached hydrogens (tertiary/aromatic N) is 4. The van der Waals surface area contributed by atoms with Crippen LogP contribution in [0.2, 0.25) is 0 Å². The third-order valence-electron chi connectivity index (χ3n) is 4.35. The molecule has 0 bridgehead atoms. The molecule has 2 heterocycles. The summed E-state index contributed by atoms with van der Waals surface area (Å²) in [6, 6.07) is 5.82. The number of nitrogen functional groups attached to an aromatic ring is 1. The number of carbonyl (C=O) groups excluding carboxylic acids is 2. The van der Waals surface area contributed by atoms with Crippen LogP contribution in [0.25, 0.3) is 0 Å². The van der Waals surface area contributed by atoms with E-state index in [2.05, 4.69) is 9.97 Å². The van der Waals surface area contributed by atoms with Gasteiger partial charge < -0.3 is 10.6 Å². The van der Waals surface area contributed by atoms with Gasteiger partial charge in [-0.05, 0) is 19.1 Å². The zero-order chi connectivity index (χ0) is 19.6. The monoisotopic (exact) mass is 389 g/mol. The minimum absolute atomic E-state index is 0.0445. The smallest absolute Gasteiger partial charge is 0.276 e. The van der Waals surface area contributed by atoms with Crippen LogP contribution in [0, 0.1) is 0 Å². The molecule has 1 amide bonds. The van der Waals surface area contributed by atoms with Gasteiger partial charge in [0.25, 0.3) is 5.91 Å². The van der Waals surface area contributed by atoms with Gasteiger partial charge in [0.05, 0.1) is 4.90 Å². The fourth-order valence-corrected chi connectivity index (χ4v) is 4.23. The summed E-state index contributed by atoms with van der Waals surface area (Å²) in [5, 5.41) is 0. The van der Waals surface area contributed by atoms with Gasteiger partial charge in [-0.2, -0.15) is 4.31 Å². The Morgan fingerprint density at radius 2 is 1.59 bits per heavy atom. The van der Waals surface area contributed by atoms with E-state index < -0.39 is 10.0 Å². The summed E-state index contributed by atoms with van der Waals surface area (Å²) in [4.78, 5) is 33.2. The Morgan fingerprint density at radius 3 is 2.15 bits per heavy atom. The zero-order valence-electron chi connectivity index (χ0n) is 14.7. The van der Waals surface area contributed by atoms with Crippen molar-refractivity contribution in [1.29, 1.82) is 0 Å². The van der Waals surface area contributed by atoms with E-state index in [0.29, 0.717) is 5.56 Å². The molecule has 0 spiro atoms. The van der Waals surface area contributed by atoms with Crippen LogP contribution in [0.1, 0.15) is 27.8 Å². The number of hydrogen-bond acceptors (Lipinski definition) is 7. The first-order valence-corrected chi connectivity index (χ1v) is 9.71. The number of rotatable bonds is 4. The van der Waals surface area contributed by atoms with E-state index in [9.17, 15) is 18.0 Å². The zero-order valence-corrected chi connectivity index (χ0v) is 15.5. The molecule has 0 aliphatic carbocycles. The number of ketones is 1. The minimum Gasteiger partial charge on any atom is -0.382 e. The van der Waals surface area contributed by atoms with E-state index in [1.165, 1.54) is 52.8 Å². The van der Waals surface area contributed by atoms with Gasteiger partial charge in [-0.15, -0.1) is 0 Å². The molecular weight excluding hydrogens is 370 g/mol. The molecule has 1 aromatic heterocycles. The number of amides is 1. The highest BCUT2D eigenvalue weighted by Gasteiger charge is 2.31. The Labute approximate surface area is 156 Å². The second-order valence-corrected chi connectivity index (χ2v) is 8.00. The number of anilines is 1. The van der Waals surface area contributed by atoms with Gasteiger partial charge in [-0.3, -0.25) is 9.59 Å². The van der Waals surface area contributed by atoms with Crippen molar-refractivity contribution >= 4 is 27.5 Å². The van der Waals surface area contributed by atoms with Crippen molar-refractivity contribution in [2.45, 2.75) is 11.8 Å². The first-order chi connectivity index (χ1) is 12.8. The third kappa shape index (κ3) is 3.81. The molecule has 2 aromatic rings. The van der Waals surface area contributed by atoms with Crippen molar-refractivity contribution in [3.63, 3.8) is 0 Å². The molecular formula is C17H19N5O4S. The Hall–Kier alpha value is -2.85. The summed E-state index contributed by atoms with van der Waals surface area (Å²) in [5.41, 5.74) is 6.20. The molecule has 1 aliphatic heterocycles. The summed E-state index contributed by atoms with van der Waals surface area (Å²) >= 11 is 0. The standard InChI is InChI=1S/C17H19N5O4S/c1-12(23)13-2-4-14(5-3-13)27(25,26)22-10-8-21(9-11-22)17(24)15-16(18)20-7-6-19-15/h2-7H,8-11H2,1H3,(H2,18,20). The summed E-state index contributed by atoms with van der Waals surface area (Å²) in [7, 11) is -3.70. The molecule has 0 saturated carbocycles. The van der Waals surface area contributed by atoms with Crippen molar-refractivity contribution < 1.29 is 18.0 Å². The molecule has 1 fully saturated rings. The topological polar surface area (TPSA) is 127 Å². The van der Waals surface area contributed by atoms with Crippen LogP contribution in [0.15, 0.2) is 41.6 Å². The molecule has 142 valence electrons. The summed E-state index contributed by atoms with van der Waals surface area (Å²) in [5.74, 6) is -0.457. The Balaban J connectivity index is 1.70. The fourth-order valence-electron chi connectivity index (χ4n) is 2.81. The van der Waals surface area contributed by atoms with Gasteiger partial charge in [0, 0.05) is 44.1 Å². The largest absolute Gasteiger partial charge is 0.382 e. The molecule has 1 aliphatic rings. The van der Waals surface area contributed by atoms with E-state index in [1.807, 2.05) is 0 Å². The van der Waals surface area contributed by atoms with E-state index in [0.717, 1.165) is 0 Å². The average Bonchev–Trinajstić information content (AvgIpc) is 2.68. The van der Waals surface area contributed by atoms with Gasteiger partial charge >= 0.3 is 0 Å². The maximum atomic E-state index is 12.8. The first-order valence-electron chi connectivity index (χ1n) is 8.27. The first kappa shape index (κ1) is 18.9. The predicted molar refractivity (Wildman–Crippen MR) is 97.6 cm³/mol. The molecule has 9 nitrogen and oxygen atoms in total. The number of hydrogen-bond donors (Lipinski definition) is 1. The number of Topliss-reactive ketones (excluding diaryl/α,β-unsaturated/α-hetero) is 1. The van der Waals surface area contributed by atoms with Crippen molar-refractivity contribution in [2.24, 2.45) is 0 Å². The predicted octanol–water partition coefficient (Wildman–Crippen LogP) is 0.408. The number of sulfonamides is 1. The highest BCUT2D eigenvalue weighted by molar-refractivity contribution is 7.89. The highest BCUT2D eigenvalue weighted by atomic mass is 32.2. The Bertz CT molecular complexity index is 967. The van der Waals surface area contributed by atoms with Gasteiger partial charge in [0.15, 0.2) is 17.3 Å². The fraction of sp³-hybridized carbons (Fsp3) is 0.294. The molecule has 10 heteroatoms. The average molecular weight is 389 g/mol. The lowest BCUT2D eigenvalue weighted by molar-refractivity contribution is 0.0692. The van der Waals surface area contributed by atoms with Crippen molar-refractivity contribution in [3.8, 4) is 0 Å². The van der Waals surface area contributed by atoms with Crippen LogP contribution in [-0.2, 0) is 10.0 Å². The molecule has 27 heavy (non-hydrogen) atoms. The van der Waals surface area contributed by atoms with Crippen LogP contribution in [0.3, 0.4) is 0 Å². The molecule has 1 aromatic carbocycles. The second-order valence-electron chi connectivity index (χ2n) is 6.07. The minimum atomic E-state index is -3.70. The molecule has 2 N–H and O–H groups in total. The lowest BCUT2D eigenvalue weighted by Crippen LogP contribution is -2.50. The summed E-state index contributed by atoms with van der Waals surface area (Å²) in [6.07, 6.45) is 2.78. The van der Waals surface area contributed by atoms with Crippen LogP contribution in [-0.4, -0.2) is 65.5 Å². The molecule has 1 saturated heterocycles. The van der Waals surface area contributed by atoms with E-state index >= 15 is 0 Å². The second kappa shape index (κ2) is 7.41. The Morgan fingerprint density at radius 1 is 1.00 bits per heavy atom. The van der Waals surface area contributed by atoms with Gasteiger partial charge in [-0.1, -0.05) is 12.1 Å². The maximum Gasteiger partial charge on any atom is 0.276 e. The number of piperazine rings is 1. The van der Waals surface area contributed by atoms with Gasteiger partial charge in [0.2, 0.25) is 10.0 Å². The number of nitrogens with two attached hydrogens (primary N) is 1. The molecule has 0 atom stereocenters. The number of carbonyl (C=O) groups is 2. The number of benzene rings is 1. The third-order valence-corrected chi connectivity index (χ3v) is 6.27. The maximum absolute atomic E-state index is 12.8. The lowest BCUT2D eigenvalue weighted by Gasteiger charge is -2.33. The highest BCUT2D eigenvalue weighted by Crippen LogP contribution is 2.19. The number of aromatic nitrogens is 2. The molecule has 3 rings (SSSR count). The van der Waals surface area contributed by atoms with Crippen molar-refractivity contribution in [1.82, 2.24) is 19.2 Å². The van der Waals surface area contributed by atoms with Crippen molar-refractivity contribution in [2.75, 3.05) is 31.9 Å².